The molecule has 3 rings (SSSR count). The van der Waals surface area contributed by atoms with Crippen molar-refractivity contribution in [2.45, 2.75) is 51.7 Å². The molecule has 0 unspecified atom stereocenters. The zero-order chi connectivity index (χ0) is 22.7. The Labute approximate surface area is 179 Å². The lowest BCUT2D eigenvalue weighted by molar-refractivity contribution is -0.139. The van der Waals surface area contributed by atoms with Crippen LogP contribution in [0.1, 0.15) is 49.6 Å². The molecule has 0 saturated carbocycles. The molecule has 0 saturated heterocycles. The third kappa shape index (κ3) is 5.15. The largest absolute Gasteiger partial charge is 0.481 e. The third-order valence-corrected chi connectivity index (χ3v) is 5.04. The number of H-pyrrole nitrogens is 1. The van der Waals surface area contributed by atoms with Gasteiger partial charge in [-0.05, 0) is 30.5 Å². The van der Waals surface area contributed by atoms with Crippen molar-refractivity contribution in [2.75, 3.05) is 0 Å². The fourth-order valence-electron chi connectivity index (χ4n) is 3.61. The Morgan fingerprint density at radius 2 is 1.90 bits per heavy atom. The van der Waals surface area contributed by atoms with Crippen molar-refractivity contribution >= 4 is 23.1 Å². The molecule has 4 N–H and O–H groups in total. The van der Waals surface area contributed by atoms with Gasteiger partial charge in [-0.2, -0.15) is 5.10 Å². The number of aromatic amines is 1. The van der Waals surface area contributed by atoms with Gasteiger partial charge in [0.15, 0.2) is 5.65 Å². The number of nitrogens with zero attached hydrogens (tertiary/aromatic N) is 2. The minimum atomic E-state index is -1.16. The number of carbonyl (C=O) groups is 1. The SMILES string of the molecule is Cc1[nH]nc2nc(C(C)C)c(C=C[C@@H](O)C[C@@H](O)CC(=O)O)c(-c3ccc(F)cc3)c12. The molecule has 164 valence electrons. The van der Waals surface area contributed by atoms with E-state index in [1.807, 2.05) is 20.8 Å². The molecule has 0 aliphatic heterocycles. The Bertz CT molecular complexity index is 1110. The van der Waals surface area contributed by atoms with Crippen LogP contribution in [0.5, 0.6) is 0 Å². The van der Waals surface area contributed by atoms with Crippen molar-refractivity contribution < 1.29 is 24.5 Å². The number of carboxylic acids is 1. The maximum Gasteiger partial charge on any atom is 0.305 e. The van der Waals surface area contributed by atoms with Gasteiger partial charge < -0.3 is 15.3 Å². The summed E-state index contributed by atoms with van der Waals surface area (Å²) in [6, 6.07) is 6.14. The molecule has 31 heavy (non-hydrogen) atoms. The van der Waals surface area contributed by atoms with Gasteiger partial charge in [0.05, 0.1) is 29.7 Å². The van der Waals surface area contributed by atoms with Crippen molar-refractivity contribution in [2.24, 2.45) is 0 Å². The average molecular weight is 427 g/mol. The van der Waals surface area contributed by atoms with E-state index in [-0.39, 0.29) is 18.2 Å². The summed E-state index contributed by atoms with van der Waals surface area (Å²) < 4.78 is 13.6. The van der Waals surface area contributed by atoms with Gasteiger partial charge in [-0.25, -0.2) is 9.37 Å². The van der Waals surface area contributed by atoms with Gasteiger partial charge >= 0.3 is 5.97 Å². The second-order valence-corrected chi connectivity index (χ2v) is 7.91. The molecule has 0 aliphatic rings. The molecule has 2 aromatic heterocycles. The fourth-order valence-corrected chi connectivity index (χ4v) is 3.61. The Kier molecular flexibility index (Phi) is 6.82. The van der Waals surface area contributed by atoms with Gasteiger partial charge in [-0.3, -0.25) is 9.89 Å². The summed E-state index contributed by atoms with van der Waals surface area (Å²) in [5.74, 6) is -1.44. The number of aliphatic carboxylic acids is 1. The highest BCUT2D eigenvalue weighted by Crippen LogP contribution is 2.37. The molecule has 0 aliphatic carbocycles. The van der Waals surface area contributed by atoms with Gasteiger partial charge in [-0.15, -0.1) is 0 Å². The Morgan fingerprint density at radius 3 is 2.52 bits per heavy atom. The van der Waals surface area contributed by atoms with E-state index in [1.54, 1.807) is 18.2 Å². The molecule has 0 bridgehead atoms. The third-order valence-electron chi connectivity index (χ3n) is 5.04. The van der Waals surface area contributed by atoms with E-state index in [9.17, 15) is 19.4 Å². The summed E-state index contributed by atoms with van der Waals surface area (Å²) in [4.78, 5) is 15.4. The first-order valence-corrected chi connectivity index (χ1v) is 10.1. The maximum atomic E-state index is 13.6. The van der Waals surface area contributed by atoms with Crippen LogP contribution in [0.3, 0.4) is 0 Å². The number of pyridine rings is 1. The molecule has 0 spiro atoms. The number of aliphatic hydroxyl groups is 2. The monoisotopic (exact) mass is 427 g/mol. The van der Waals surface area contributed by atoms with Crippen LogP contribution in [0, 0.1) is 12.7 Å². The Hall–Kier alpha value is -3.10. The molecule has 2 atom stereocenters. The molecule has 8 heteroatoms. The van der Waals surface area contributed by atoms with Crippen LogP contribution in [0.25, 0.3) is 28.2 Å². The summed E-state index contributed by atoms with van der Waals surface area (Å²) in [7, 11) is 0. The first-order chi connectivity index (χ1) is 14.7. The predicted octanol–water partition coefficient (Wildman–Crippen LogP) is 3.80. The smallest absolute Gasteiger partial charge is 0.305 e. The van der Waals surface area contributed by atoms with Gasteiger partial charge in [-0.1, -0.05) is 38.1 Å². The van der Waals surface area contributed by atoms with Crippen LogP contribution in [0.2, 0.25) is 0 Å². The van der Waals surface area contributed by atoms with Crippen molar-refractivity contribution in [3.63, 3.8) is 0 Å². The number of halogens is 1. The first-order valence-electron chi connectivity index (χ1n) is 10.1. The number of nitrogens with one attached hydrogen (secondary N) is 1. The number of carboxylic acid groups (broad SMARTS) is 1. The van der Waals surface area contributed by atoms with E-state index in [2.05, 4.69) is 10.2 Å². The predicted molar refractivity (Wildman–Crippen MR) is 116 cm³/mol. The summed E-state index contributed by atoms with van der Waals surface area (Å²) in [5.41, 5.74) is 4.47. The van der Waals surface area contributed by atoms with Crippen molar-refractivity contribution in [1.29, 1.82) is 0 Å². The molecular weight excluding hydrogens is 401 g/mol. The average Bonchev–Trinajstić information content (AvgIpc) is 3.06. The second-order valence-electron chi connectivity index (χ2n) is 7.91. The lowest BCUT2D eigenvalue weighted by Gasteiger charge is -2.17. The molecule has 7 nitrogen and oxygen atoms in total. The lowest BCUT2D eigenvalue weighted by Crippen LogP contribution is -2.19. The zero-order valence-electron chi connectivity index (χ0n) is 17.6. The van der Waals surface area contributed by atoms with Crippen LogP contribution in [0.4, 0.5) is 4.39 Å². The topological polar surface area (TPSA) is 119 Å². The van der Waals surface area contributed by atoms with E-state index >= 15 is 0 Å². The summed E-state index contributed by atoms with van der Waals surface area (Å²) >= 11 is 0. The molecule has 0 fully saturated rings. The van der Waals surface area contributed by atoms with Crippen LogP contribution >= 0.6 is 0 Å². The summed E-state index contributed by atoms with van der Waals surface area (Å²) in [6.07, 6.45) is 0.496. The maximum absolute atomic E-state index is 13.6. The van der Waals surface area contributed by atoms with Crippen LogP contribution in [0.15, 0.2) is 30.3 Å². The van der Waals surface area contributed by atoms with Crippen LogP contribution in [-0.4, -0.2) is 48.7 Å². The Balaban J connectivity index is 2.13. The number of aliphatic hydroxyl groups excluding tert-OH is 2. The van der Waals surface area contributed by atoms with E-state index in [1.165, 1.54) is 18.2 Å². The molecule has 3 aromatic rings. The van der Waals surface area contributed by atoms with E-state index in [0.717, 1.165) is 33.5 Å². The number of hydrogen-bond acceptors (Lipinski definition) is 5. The molecule has 1 aromatic carbocycles. The number of fused-ring (bicyclic) bond motifs is 1. The van der Waals surface area contributed by atoms with E-state index in [4.69, 9.17) is 10.1 Å². The van der Waals surface area contributed by atoms with Crippen LogP contribution in [-0.2, 0) is 4.79 Å². The lowest BCUT2D eigenvalue weighted by atomic mass is 9.91. The van der Waals surface area contributed by atoms with Gasteiger partial charge in [0, 0.05) is 23.2 Å². The number of aryl methyl sites for hydroxylation is 1. The standard InChI is InChI=1S/C23H26FN3O4/c1-12(2)22-18(9-8-16(28)10-17(29)11-19(30)31)21(14-4-6-15(24)7-5-14)20-13(3)26-27-23(20)25-22/h4-9,12,16-17,28-29H,10-11H2,1-3H3,(H,30,31)(H,25,26,27)/t16-,17-/m1/s1. The van der Waals surface area contributed by atoms with Crippen molar-refractivity contribution in [1.82, 2.24) is 15.2 Å². The highest BCUT2D eigenvalue weighted by Gasteiger charge is 2.21. The highest BCUT2D eigenvalue weighted by molar-refractivity contribution is 5.99. The summed E-state index contributed by atoms with van der Waals surface area (Å²) in [5, 5.41) is 37.0. The molecule has 2 heterocycles. The number of benzene rings is 1. The number of hydrogen-bond donors (Lipinski definition) is 4. The fraction of sp³-hybridized carbons (Fsp3) is 0.348. The van der Waals surface area contributed by atoms with E-state index in [0.29, 0.717) is 5.65 Å². The normalized spacial score (nSPS) is 13.9. The van der Waals surface area contributed by atoms with Crippen LogP contribution < -0.4 is 0 Å². The quantitative estimate of drug-likeness (QED) is 0.434. The molecule has 0 amide bonds. The minimum Gasteiger partial charge on any atom is -0.481 e. The number of rotatable bonds is 8. The molecular formula is C23H26FN3O4. The van der Waals surface area contributed by atoms with Crippen molar-refractivity contribution in [3.8, 4) is 11.1 Å². The first kappa shape index (κ1) is 22.6. The van der Waals surface area contributed by atoms with Gasteiger partial charge in [0.25, 0.3) is 0 Å². The van der Waals surface area contributed by atoms with Gasteiger partial charge in [0.1, 0.15) is 5.82 Å². The van der Waals surface area contributed by atoms with E-state index < -0.39 is 24.6 Å². The summed E-state index contributed by atoms with van der Waals surface area (Å²) in [6.45, 7) is 5.86. The molecule has 0 radical (unpaired) electrons. The minimum absolute atomic E-state index is 0.0370. The zero-order valence-corrected chi connectivity index (χ0v) is 17.6. The highest BCUT2D eigenvalue weighted by atomic mass is 19.1. The van der Waals surface area contributed by atoms with Gasteiger partial charge in [0.2, 0.25) is 0 Å². The second kappa shape index (κ2) is 9.36. The van der Waals surface area contributed by atoms with Crippen molar-refractivity contribution in [3.05, 3.63) is 53.1 Å². The number of aromatic nitrogens is 3. The Morgan fingerprint density at radius 1 is 1.23 bits per heavy atom.